The van der Waals surface area contributed by atoms with Crippen LogP contribution in [0.3, 0.4) is 0 Å². The smallest absolute Gasteiger partial charge is 0.167 e. The monoisotopic (exact) mass is 239 g/mol. The van der Waals surface area contributed by atoms with Crippen molar-refractivity contribution in [2.45, 2.75) is 6.92 Å². The lowest BCUT2D eigenvalue weighted by molar-refractivity contribution is 0.930. The lowest BCUT2D eigenvalue weighted by Crippen LogP contribution is -2.02. The van der Waals surface area contributed by atoms with Crippen molar-refractivity contribution < 1.29 is 0 Å². The standard InChI is InChI=1S/C13H13N5/c1-8-12(9-5-3-2-4-6-9)13-16-10(14)7-11(15)18(13)17-8/h2-7H,15H2,1H3,(H2,14,16). The van der Waals surface area contributed by atoms with Crippen molar-refractivity contribution in [2.75, 3.05) is 11.5 Å². The molecule has 4 N–H and O–H groups in total. The Morgan fingerprint density at radius 2 is 1.83 bits per heavy atom. The van der Waals surface area contributed by atoms with Gasteiger partial charge in [0.25, 0.3) is 0 Å². The van der Waals surface area contributed by atoms with Gasteiger partial charge in [-0.2, -0.15) is 9.61 Å². The van der Waals surface area contributed by atoms with Crippen molar-refractivity contribution in [3.63, 3.8) is 0 Å². The Morgan fingerprint density at radius 3 is 2.56 bits per heavy atom. The van der Waals surface area contributed by atoms with Gasteiger partial charge in [0.2, 0.25) is 0 Å². The summed E-state index contributed by atoms with van der Waals surface area (Å²) in [6.45, 7) is 1.94. The summed E-state index contributed by atoms with van der Waals surface area (Å²) in [5.41, 5.74) is 15.2. The van der Waals surface area contributed by atoms with Crippen LogP contribution >= 0.6 is 0 Å². The van der Waals surface area contributed by atoms with Crippen LogP contribution in [-0.4, -0.2) is 14.6 Å². The fourth-order valence-electron chi connectivity index (χ4n) is 2.11. The van der Waals surface area contributed by atoms with Gasteiger partial charge in [0.15, 0.2) is 5.65 Å². The minimum absolute atomic E-state index is 0.400. The molecule has 5 nitrogen and oxygen atoms in total. The van der Waals surface area contributed by atoms with E-state index in [2.05, 4.69) is 10.1 Å². The maximum absolute atomic E-state index is 5.90. The molecular weight excluding hydrogens is 226 g/mol. The van der Waals surface area contributed by atoms with E-state index in [1.54, 1.807) is 10.6 Å². The van der Waals surface area contributed by atoms with E-state index in [0.717, 1.165) is 16.8 Å². The zero-order valence-electron chi connectivity index (χ0n) is 9.96. The minimum atomic E-state index is 0.400. The summed E-state index contributed by atoms with van der Waals surface area (Å²) < 4.78 is 1.62. The molecular formula is C13H13N5. The molecule has 2 aromatic heterocycles. The van der Waals surface area contributed by atoms with E-state index in [9.17, 15) is 0 Å². The predicted molar refractivity (Wildman–Crippen MR) is 72.0 cm³/mol. The summed E-state index contributed by atoms with van der Waals surface area (Å²) in [5, 5.41) is 4.40. The van der Waals surface area contributed by atoms with E-state index in [-0.39, 0.29) is 0 Å². The molecule has 0 bridgehead atoms. The number of benzene rings is 1. The van der Waals surface area contributed by atoms with Crippen LogP contribution in [0, 0.1) is 6.92 Å². The second-order valence-corrected chi connectivity index (χ2v) is 4.17. The van der Waals surface area contributed by atoms with E-state index in [1.807, 2.05) is 37.3 Å². The van der Waals surface area contributed by atoms with Crippen LogP contribution in [0.2, 0.25) is 0 Å². The second kappa shape index (κ2) is 3.73. The summed E-state index contributed by atoms with van der Waals surface area (Å²) in [6, 6.07) is 11.6. The van der Waals surface area contributed by atoms with Gasteiger partial charge in [-0.3, -0.25) is 0 Å². The van der Waals surface area contributed by atoms with E-state index >= 15 is 0 Å². The zero-order valence-corrected chi connectivity index (χ0v) is 9.96. The van der Waals surface area contributed by atoms with Crippen LogP contribution in [0.1, 0.15) is 5.69 Å². The number of rotatable bonds is 1. The molecule has 3 aromatic rings. The molecule has 0 fully saturated rings. The lowest BCUT2D eigenvalue weighted by Gasteiger charge is -2.02. The minimum Gasteiger partial charge on any atom is -0.384 e. The molecule has 5 heteroatoms. The summed E-state index contributed by atoms with van der Waals surface area (Å²) >= 11 is 0. The van der Waals surface area contributed by atoms with Gasteiger partial charge in [0, 0.05) is 11.6 Å². The van der Waals surface area contributed by atoms with E-state index in [1.165, 1.54) is 0 Å². The highest BCUT2D eigenvalue weighted by atomic mass is 15.3. The van der Waals surface area contributed by atoms with Gasteiger partial charge in [-0.15, -0.1) is 0 Å². The Kier molecular flexibility index (Phi) is 2.19. The van der Waals surface area contributed by atoms with Gasteiger partial charge in [0.1, 0.15) is 11.6 Å². The number of hydrogen-bond acceptors (Lipinski definition) is 4. The number of aryl methyl sites for hydroxylation is 1. The first-order valence-electron chi connectivity index (χ1n) is 5.63. The Hall–Kier alpha value is -2.56. The number of hydrogen-bond donors (Lipinski definition) is 2. The highest BCUT2D eigenvalue weighted by Crippen LogP contribution is 2.28. The van der Waals surface area contributed by atoms with Crippen LogP contribution in [-0.2, 0) is 0 Å². The largest absolute Gasteiger partial charge is 0.384 e. The van der Waals surface area contributed by atoms with Gasteiger partial charge in [-0.25, -0.2) is 4.98 Å². The average Bonchev–Trinajstić information content (AvgIpc) is 2.67. The number of anilines is 2. The molecule has 18 heavy (non-hydrogen) atoms. The molecule has 2 heterocycles. The Bertz CT molecular complexity index is 715. The number of aromatic nitrogens is 3. The third kappa shape index (κ3) is 1.48. The first-order chi connectivity index (χ1) is 8.66. The van der Waals surface area contributed by atoms with Crippen LogP contribution in [0.25, 0.3) is 16.8 Å². The molecule has 0 unspecified atom stereocenters. The Balaban J connectivity index is 2.39. The predicted octanol–water partition coefficient (Wildman–Crippen LogP) is 1.87. The molecule has 0 spiro atoms. The topological polar surface area (TPSA) is 82.2 Å². The molecule has 0 aliphatic carbocycles. The fourth-order valence-corrected chi connectivity index (χ4v) is 2.11. The quantitative estimate of drug-likeness (QED) is 0.679. The van der Waals surface area contributed by atoms with Crippen molar-refractivity contribution >= 4 is 17.3 Å². The Morgan fingerprint density at radius 1 is 1.11 bits per heavy atom. The van der Waals surface area contributed by atoms with Crippen LogP contribution in [0.4, 0.5) is 11.6 Å². The third-order valence-corrected chi connectivity index (χ3v) is 2.87. The average molecular weight is 239 g/mol. The maximum Gasteiger partial charge on any atom is 0.167 e. The molecule has 0 aliphatic rings. The molecule has 0 radical (unpaired) electrons. The fraction of sp³-hybridized carbons (Fsp3) is 0.0769. The number of nitrogen functional groups attached to an aromatic ring is 2. The number of fused-ring (bicyclic) bond motifs is 1. The molecule has 90 valence electrons. The summed E-state index contributed by atoms with van der Waals surface area (Å²) in [6.07, 6.45) is 0. The highest BCUT2D eigenvalue weighted by molar-refractivity contribution is 5.81. The van der Waals surface area contributed by atoms with Gasteiger partial charge >= 0.3 is 0 Å². The summed E-state index contributed by atoms with van der Waals surface area (Å²) in [5.74, 6) is 0.889. The van der Waals surface area contributed by atoms with E-state index in [0.29, 0.717) is 17.3 Å². The van der Waals surface area contributed by atoms with Crippen molar-refractivity contribution in [3.05, 3.63) is 42.1 Å². The van der Waals surface area contributed by atoms with Crippen molar-refractivity contribution in [3.8, 4) is 11.1 Å². The van der Waals surface area contributed by atoms with Crippen molar-refractivity contribution in [2.24, 2.45) is 0 Å². The number of nitrogens with two attached hydrogens (primary N) is 2. The summed E-state index contributed by atoms with van der Waals surface area (Å²) in [4.78, 5) is 4.33. The van der Waals surface area contributed by atoms with Crippen LogP contribution < -0.4 is 11.5 Å². The normalized spacial score (nSPS) is 10.9. The maximum atomic E-state index is 5.90. The first-order valence-corrected chi connectivity index (χ1v) is 5.63. The molecule has 0 atom stereocenters. The van der Waals surface area contributed by atoms with E-state index < -0.39 is 0 Å². The molecule has 1 aromatic carbocycles. The molecule has 0 amide bonds. The zero-order chi connectivity index (χ0) is 12.7. The molecule has 3 rings (SSSR count). The Labute approximate surface area is 104 Å². The van der Waals surface area contributed by atoms with Crippen molar-refractivity contribution in [1.29, 1.82) is 0 Å². The van der Waals surface area contributed by atoms with Crippen molar-refractivity contribution in [1.82, 2.24) is 14.6 Å². The number of nitrogens with zero attached hydrogens (tertiary/aromatic N) is 3. The lowest BCUT2D eigenvalue weighted by atomic mass is 10.1. The van der Waals surface area contributed by atoms with E-state index in [4.69, 9.17) is 11.5 Å². The first kappa shape index (κ1) is 10.6. The molecule has 0 saturated carbocycles. The molecule has 0 aliphatic heterocycles. The van der Waals surface area contributed by atoms with Crippen LogP contribution in [0.15, 0.2) is 36.4 Å². The van der Waals surface area contributed by atoms with Gasteiger partial charge in [0.05, 0.1) is 5.69 Å². The van der Waals surface area contributed by atoms with Crippen LogP contribution in [0.5, 0.6) is 0 Å². The highest BCUT2D eigenvalue weighted by Gasteiger charge is 2.14. The van der Waals surface area contributed by atoms with Gasteiger partial charge < -0.3 is 11.5 Å². The van der Waals surface area contributed by atoms with Gasteiger partial charge in [-0.1, -0.05) is 30.3 Å². The summed E-state index contributed by atoms with van der Waals surface area (Å²) in [7, 11) is 0. The SMILES string of the molecule is Cc1nn2c(N)cc(N)nc2c1-c1ccccc1. The second-order valence-electron chi connectivity index (χ2n) is 4.17. The third-order valence-electron chi connectivity index (χ3n) is 2.87. The molecule has 0 saturated heterocycles. The van der Waals surface area contributed by atoms with Gasteiger partial charge in [-0.05, 0) is 12.5 Å².